The van der Waals surface area contributed by atoms with Crippen LogP contribution in [0.3, 0.4) is 0 Å². The minimum absolute atomic E-state index is 0.108. The zero-order chi connectivity index (χ0) is 19.0. The Labute approximate surface area is 158 Å². The monoisotopic (exact) mass is 361 g/mol. The molecule has 2 aromatic carbocycles. The summed E-state index contributed by atoms with van der Waals surface area (Å²) in [5, 5.41) is 8.13. The molecule has 27 heavy (non-hydrogen) atoms. The number of pyridine rings is 1. The number of benzene rings is 2. The van der Waals surface area contributed by atoms with Gasteiger partial charge in [0.25, 0.3) is 0 Å². The molecule has 0 aliphatic carbocycles. The fourth-order valence-corrected chi connectivity index (χ4v) is 3.71. The molecule has 5 heteroatoms. The number of carbonyl (C=O) groups is 1. The summed E-state index contributed by atoms with van der Waals surface area (Å²) in [7, 11) is 0. The van der Waals surface area contributed by atoms with Crippen LogP contribution in [0.4, 0.5) is 10.5 Å². The zero-order valence-electron chi connectivity index (χ0n) is 15.7. The highest BCUT2D eigenvalue weighted by molar-refractivity contribution is 6.02. The number of nitrogens with one attached hydrogen (secondary N) is 2. The summed E-state index contributed by atoms with van der Waals surface area (Å²) in [5.74, 6) is 0.825. The van der Waals surface area contributed by atoms with Gasteiger partial charge in [0.05, 0.1) is 11.7 Å². The van der Waals surface area contributed by atoms with E-state index in [4.69, 9.17) is 4.74 Å². The standard InChI is InChI=1S/C22H23N3O2/c1-14-15-8-6-9-18(16(15)11-12-23-14)24-21(26)25-19-13-22(2,3)27-20-10-5-4-7-17(19)20/h4-12,19H,13H2,1-3H3,(H2,24,25,26). The van der Waals surface area contributed by atoms with Crippen molar-refractivity contribution in [1.29, 1.82) is 0 Å². The Hall–Kier alpha value is -3.08. The molecule has 0 bridgehead atoms. The highest BCUT2D eigenvalue weighted by Crippen LogP contribution is 2.39. The molecule has 0 fully saturated rings. The van der Waals surface area contributed by atoms with Crippen molar-refractivity contribution in [3.63, 3.8) is 0 Å². The van der Waals surface area contributed by atoms with Crippen LogP contribution >= 0.6 is 0 Å². The van der Waals surface area contributed by atoms with E-state index in [1.54, 1.807) is 6.20 Å². The minimum Gasteiger partial charge on any atom is -0.487 e. The van der Waals surface area contributed by atoms with E-state index in [0.717, 1.165) is 33.5 Å². The van der Waals surface area contributed by atoms with Crippen molar-refractivity contribution in [1.82, 2.24) is 10.3 Å². The molecule has 0 spiro atoms. The van der Waals surface area contributed by atoms with Gasteiger partial charge in [0.2, 0.25) is 0 Å². The second kappa shape index (κ2) is 6.58. The first kappa shape index (κ1) is 17.3. The maximum Gasteiger partial charge on any atom is 0.319 e. The number of amides is 2. The molecule has 1 aliphatic rings. The summed E-state index contributed by atoms with van der Waals surface area (Å²) >= 11 is 0. The van der Waals surface area contributed by atoms with Gasteiger partial charge in [0.1, 0.15) is 11.4 Å². The van der Waals surface area contributed by atoms with Gasteiger partial charge in [0.15, 0.2) is 0 Å². The summed E-state index contributed by atoms with van der Waals surface area (Å²) in [6.45, 7) is 6.04. The summed E-state index contributed by atoms with van der Waals surface area (Å²) in [4.78, 5) is 17.1. The number of anilines is 1. The van der Waals surface area contributed by atoms with Crippen molar-refractivity contribution < 1.29 is 9.53 Å². The van der Waals surface area contributed by atoms with E-state index in [1.807, 2.05) is 69.3 Å². The van der Waals surface area contributed by atoms with Crippen LogP contribution < -0.4 is 15.4 Å². The Balaban J connectivity index is 1.58. The number of aromatic nitrogens is 1. The van der Waals surface area contributed by atoms with E-state index < -0.39 is 0 Å². The van der Waals surface area contributed by atoms with Crippen LogP contribution in [0.25, 0.3) is 10.8 Å². The summed E-state index contributed by atoms with van der Waals surface area (Å²) < 4.78 is 6.04. The lowest BCUT2D eigenvalue weighted by Gasteiger charge is -2.37. The number of ether oxygens (including phenoxy) is 1. The number of carbonyl (C=O) groups excluding carboxylic acids is 1. The number of rotatable bonds is 2. The van der Waals surface area contributed by atoms with E-state index in [-0.39, 0.29) is 17.7 Å². The third-order valence-corrected chi connectivity index (χ3v) is 4.94. The second-order valence-corrected chi connectivity index (χ2v) is 7.55. The quantitative estimate of drug-likeness (QED) is 0.677. The Morgan fingerprint density at radius 3 is 2.78 bits per heavy atom. The van der Waals surface area contributed by atoms with E-state index in [9.17, 15) is 4.79 Å². The number of urea groups is 1. The van der Waals surface area contributed by atoms with Crippen molar-refractivity contribution >= 4 is 22.5 Å². The molecular formula is C22H23N3O2. The first-order valence-electron chi connectivity index (χ1n) is 9.13. The van der Waals surface area contributed by atoms with Gasteiger partial charge in [-0.1, -0.05) is 30.3 Å². The van der Waals surface area contributed by atoms with Gasteiger partial charge < -0.3 is 15.4 Å². The Morgan fingerprint density at radius 2 is 1.93 bits per heavy atom. The molecule has 1 unspecified atom stereocenters. The maximum absolute atomic E-state index is 12.8. The van der Waals surface area contributed by atoms with Gasteiger partial charge in [-0.25, -0.2) is 4.79 Å². The van der Waals surface area contributed by atoms with Crippen LogP contribution in [0.2, 0.25) is 0 Å². The largest absolute Gasteiger partial charge is 0.487 e. The predicted octanol–water partition coefficient (Wildman–Crippen LogP) is 4.97. The lowest BCUT2D eigenvalue weighted by atomic mass is 9.90. The lowest BCUT2D eigenvalue weighted by Crippen LogP contribution is -2.42. The molecular weight excluding hydrogens is 338 g/mol. The number of hydrogen-bond acceptors (Lipinski definition) is 3. The van der Waals surface area contributed by atoms with Gasteiger partial charge in [-0.2, -0.15) is 0 Å². The van der Waals surface area contributed by atoms with E-state index in [0.29, 0.717) is 6.42 Å². The highest BCUT2D eigenvalue weighted by Gasteiger charge is 2.34. The van der Waals surface area contributed by atoms with E-state index in [2.05, 4.69) is 15.6 Å². The van der Waals surface area contributed by atoms with Crippen LogP contribution in [0.15, 0.2) is 54.7 Å². The number of hydrogen-bond donors (Lipinski definition) is 2. The average molecular weight is 361 g/mol. The molecule has 1 aromatic heterocycles. The summed E-state index contributed by atoms with van der Waals surface area (Å²) in [5.41, 5.74) is 2.38. The van der Waals surface area contributed by atoms with Gasteiger partial charge in [-0.15, -0.1) is 0 Å². The second-order valence-electron chi connectivity index (χ2n) is 7.55. The number of para-hydroxylation sites is 1. The van der Waals surface area contributed by atoms with Crippen LogP contribution in [0, 0.1) is 6.92 Å². The summed E-state index contributed by atoms with van der Waals surface area (Å²) in [6.07, 6.45) is 2.47. The Bertz CT molecular complexity index is 1010. The molecule has 0 saturated heterocycles. The molecule has 0 saturated carbocycles. The first-order chi connectivity index (χ1) is 12.9. The summed E-state index contributed by atoms with van der Waals surface area (Å²) in [6, 6.07) is 15.3. The molecule has 1 aliphatic heterocycles. The fourth-order valence-electron chi connectivity index (χ4n) is 3.71. The first-order valence-corrected chi connectivity index (χ1v) is 9.13. The predicted molar refractivity (Wildman–Crippen MR) is 107 cm³/mol. The molecule has 2 amide bonds. The third kappa shape index (κ3) is 3.45. The molecule has 2 heterocycles. The highest BCUT2D eigenvalue weighted by atomic mass is 16.5. The zero-order valence-corrected chi connectivity index (χ0v) is 15.7. The van der Waals surface area contributed by atoms with Crippen molar-refractivity contribution in [2.75, 3.05) is 5.32 Å². The van der Waals surface area contributed by atoms with Crippen molar-refractivity contribution in [3.8, 4) is 5.75 Å². The van der Waals surface area contributed by atoms with Gasteiger partial charge in [0, 0.05) is 34.6 Å². The van der Waals surface area contributed by atoms with Gasteiger partial charge in [-0.3, -0.25) is 4.98 Å². The smallest absolute Gasteiger partial charge is 0.319 e. The normalized spacial score (nSPS) is 17.7. The van der Waals surface area contributed by atoms with Crippen LogP contribution in [0.1, 0.15) is 37.6 Å². The van der Waals surface area contributed by atoms with Crippen LogP contribution in [-0.4, -0.2) is 16.6 Å². The topological polar surface area (TPSA) is 63.2 Å². The number of nitrogens with zero attached hydrogens (tertiary/aromatic N) is 1. The lowest BCUT2D eigenvalue weighted by molar-refractivity contribution is 0.0683. The van der Waals surface area contributed by atoms with Gasteiger partial charge >= 0.3 is 6.03 Å². The maximum atomic E-state index is 12.8. The molecule has 5 nitrogen and oxygen atoms in total. The van der Waals surface area contributed by atoms with E-state index >= 15 is 0 Å². The number of fused-ring (bicyclic) bond motifs is 2. The third-order valence-electron chi connectivity index (χ3n) is 4.94. The fraction of sp³-hybridized carbons (Fsp3) is 0.273. The minimum atomic E-state index is -0.339. The van der Waals surface area contributed by atoms with E-state index in [1.165, 1.54) is 0 Å². The van der Waals surface area contributed by atoms with Crippen molar-refractivity contribution in [2.45, 2.75) is 38.8 Å². The van der Waals surface area contributed by atoms with Crippen molar-refractivity contribution in [2.24, 2.45) is 0 Å². The molecule has 0 radical (unpaired) electrons. The van der Waals surface area contributed by atoms with Gasteiger partial charge in [-0.05, 0) is 39.0 Å². The van der Waals surface area contributed by atoms with Crippen molar-refractivity contribution in [3.05, 3.63) is 66.0 Å². The molecule has 4 rings (SSSR count). The Kier molecular flexibility index (Phi) is 4.22. The molecule has 3 aromatic rings. The molecule has 138 valence electrons. The average Bonchev–Trinajstić information content (AvgIpc) is 2.61. The van der Waals surface area contributed by atoms with Crippen LogP contribution in [-0.2, 0) is 0 Å². The van der Waals surface area contributed by atoms with Crippen LogP contribution in [0.5, 0.6) is 5.75 Å². The molecule has 2 N–H and O–H groups in total. The molecule has 1 atom stereocenters. The SMILES string of the molecule is Cc1nccc2c(NC(=O)NC3CC(C)(C)Oc4ccccc43)cccc12. The number of aryl methyl sites for hydroxylation is 1. The Morgan fingerprint density at radius 1 is 1.11 bits per heavy atom.